The summed E-state index contributed by atoms with van der Waals surface area (Å²) in [6.07, 6.45) is 3.07. The van der Waals surface area contributed by atoms with Crippen LogP contribution in [0.15, 0.2) is 54.6 Å². The average molecular weight is 309 g/mol. The van der Waals surface area contributed by atoms with Gasteiger partial charge in [0, 0.05) is 5.69 Å². The van der Waals surface area contributed by atoms with Crippen LogP contribution in [0.5, 0.6) is 5.75 Å². The summed E-state index contributed by atoms with van der Waals surface area (Å²) in [5, 5.41) is 3.07. The summed E-state index contributed by atoms with van der Waals surface area (Å²) in [4.78, 5) is 12.8. The fourth-order valence-electron chi connectivity index (χ4n) is 3.07. The Bertz CT molecular complexity index is 658. The largest absolute Gasteiger partial charge is 0.491 e. The quantitative estimate of drug-likeness (QED) is 0.881. The zero-order valence-corrected chi connectivity index (χ0v) is 13.7. The fraction of sp³-hybridized carbons (Fsp3) is 0.350. The van der Waals surface area contributed by atoms with E-state index in [9.17, 15) is 4.79 Å². The molecule has 0 aromatic heterocycles. The minimum Gasteiger partial charge on any atom is -0.491 e. The van der Waals surface area contributed by atoms with Crippen LogP contribution in [0, 0.1) is 0 Å². The van der Waals surface area contributed by atoms with Gasteiger partial charge in [0.1, 0.15) is 5.75 Å². The molecule has 3 rings (SSSR count). The van der Waals surface area contributed by atoms with Crippen LogP contribution in [0.25, 0.3) is 0 Å². The standard InChI is InChI=1S/C20H23NO2/c1-15(2)23-18-11-9-17(10-12-18)21-19(22)20(13-6-14-20)16-7-4-3-5-8-16/h3-5,7-12,15H,6,13-14H2,1-2H3,(H,21,22). The Morgan fingerprint density at radius 1 is 1.04 bits per heavy atom. The Morgan fingerprint density at radius 3 is 2.22 bits per heavy atom. The second-order valence-electron chi connectivity index (χ2n) is 6.45. The maximum atomic E-state index is 12.8. The molecular formula is C20H23NO2. The van der Waals surface area contributed by atoms with Crippen molar-refractivity contribution in [2.24, 2.45) is 0 Å². The first-order valence-electron chi connectivity index (χ1n) is 8.24. The van der Waals surface area contributed by atoms with Gasteiger partial charge in [-0.25, -0.2) is 0 Å². The molecule has 0 aliphatic heterocycles. The van der Waals surface area contributed by atoms with Gasteiger partial charge < -0.3 is 10.1 Å². The molecule has 23 heavy (non-hydrogen) atoms. The third-order valence-corrected chi connectivity index (χ3v) is 4.45. The number of anilines is 1. The van der Waals surface area contributed by atoms with Gasteiger partial charge in [0.15, 0.2) is 0 Å². The highest BCUT2D eigenvalue weighted by Gasteiger charge is 2.45. The van der Waals surface area contributed by atoms with Crippen LogP contribution >= 0.6 is 0 Å². The molecule has 1 fully saturated rings. The first-order valence-corrected chi connectivity index (χ1v) is 8.24. The number of ether oxygens (including phenoxy) is 1. The Kier molecular flexibility index (Phi) is 4.37. The van der Waals surface area contributed by atoms with E-state index in [0.717, 1.165) is 36.3 Å². The van der Waals surface area contributed by atoms with E-state index in [1.54, 1.807) is 0 Å². The van der Waals surface area contributed by atoms with Gasteiger partial charge in [-0.2, -0.15) is 0 Å². The summed E-state index contributed by atoms with van der Waals surface area (Å²) in [6, 6.07) is 17.7. The van der Waals surface area contributed by atoms with Crippen molar-refractivity contribution in [2.45, 2.75) is 44.6 Å². The molecule has 0 saturated heterocycles. The first kappa shape index (κ1) is 15.6. The van der Waals surface area contributed by atoms with Crippen molar-refractivity contribution >= 4 is 11.6 Å². The SMILES string of the molecule is CC(C)Oc1ccc(NC(=O)C2(c3ccccc3)CCC2)cc1. The van der Waals surface area contributed by atoms with Crippen molar-refractivity contribution in [1.29, 1.82) is 0 Å². The van der Waals surface area contributed by atoms with E-state index in [2.05, 4.69) is 17.4 Å². The molecule has 3 nitrogen and oxygen atoms in total. The number of carbonyl (C=O) groups is 1. The minimum absolute atomic E-state index is 0.0903. The van der Waals surface area contributed by atoms with Crippen molar-refractivity contribution in [3.05, 3.63) is 60.2 Å². The molecule has 0 heterocycles. The molecule has 0 bridgehead atoms. The smallest absolute Gasteiger partial charge is 0.235 e. The Morgan fingerprint density at radius 2 is 1.70 bits per heavy atom. The highest BCUT2D eigenvalue weighted by atomic mass is 16.5. The van der Waals surface area contributed by atoms with Crippen LogP contribution in [-0.4, -0.2) is 12.0 Å². The lowest BCUT2D eigenvalue weighted by atomic mass is 9.64. The molecular weight excluding hydrogens is 286 g/mol. The van der Waals surface area contributed by atoms with Crippen LogP contribution in [0.3, 0.4) is 0 Å². The van der Waals surface area contributed by atoms with E-state index in [4.69, 9.17) is 4.74 Å². The Labute approximate surface area is 137 Å². The van der Waals surface area contributed by atoms with E-state index in [0.29, 0.717) is 0 Å². The number of hydrogen-bond acceptors (Lipinski definition) is 2. The lowest BCUT2D eigenvalue weighted by molar-refractivity contribution is -0.124. The summed E-state index contributed by atoms with van der Waals surface area (Å²) in [5.74, 6) is 0.909. The molecule has 1 N–H and O–H groups in total. The Hall–Kier alpha value is -2.29. The van der Waals surface area contributed by atoms with E-state index in [1.807, 2.05) is 56.3 Å². The highest BCUT2D eigenvalue weighted by molar-refractivity contribution is 5.99. The van der Waals surface area contributed by atoms with Crippen LogP contribution in [0.1, 0.15) is 38.7 Å². The van der Waals surface area contributed by atoms with Crippen LogP contribution in [0.2, 0.25) is 0 Å². The monoisotopic (exact) mass is 309 g/mol. The first-order chi connectivity index (χ1) is 11.1. The summed E-state index contributed by atoms with van der Waals surface area (Å²) >= 11 is 0. The van der Waals surface area contributed by atoms with E-state index >= 15 is 0 Å². The van der Waals surface area contributed by atoms with Gasteiger partial charge in [0.25, 0.3) is 0 Å². The summed E-state index contributed by atoms with van der Waals surface area (Å²) in [7, 11) is 0. The highest BCUT2D eigenvalue weighted by Crippen LogP contribution is 2.44. The predicted octanol–water partition coefficient (Wildman–Crippen LogP) is 4.53. The van der Waals surface area contributed by atoms with Crippen molar-refractivity contribution in [1.82, 2.24) is 0 Å². The van der Waals surface area contributed by atoms with E-state index < -0.39 is 0 Å². The van der Waals surface area contributed by atoms with E-state index in [-0.39, 0.29) is 17.4 Å². The molecule has 0 unspecified atom stereocenters. The van der Waals surface area contributed by atoms with Crippen LogP contribution < -0.4 is 10.1 Å². The molecule has 3 heteroatoms. The number of rotatable bonds is 5. The number of carbonyl (C=O) groups excluding carboxylic acids is 1. The topological polar surface area (TPSA) is 38.3 Å². The molecule has 1 aliphatic carbocycles. The number of amides is 1. The maximum absolute atomic E-state index is 12.8. The number of benzene rings is 2. The minimum atomic E-state index is -0.367. The molecule has 0 radical (unpaired) electrons. The zero-order valence-electron chi connectivity index (χ0n) is 13.7. The molecule has 1 amide bonds. The summed E-state index contributed by atoms with van der Waals surface area (Å²) in [6.45, 7) is 3.99. The zero-order chi connectivity index (χ0) is 16.3. The fourth-order valence-corrected chi connectivity index (χ4v) is 3.07. The molecule has 2 aromatic carbocycles. The summed E-state index contributed by atoms with van der Waals surface area (Å²) < 4.78 is 5.63. The molecule has 0 spiro atoms. The maximum Gasteiger partial charge on any atom is 0.235 e. The molecule has 0 atom stereocenters. The number of hydrogen-bond donors (Lipinski definition) is 1. The summed E-state index contributed by atoms with van der Waals surface area (Å²) in [5.41, 5.74) is 1.56. The van der Waals surface area contributed by atoms with Gasteiger partial charge in [-0.3, -0.25) is 4.79 Å². The van der Waals surface area contributed by atoms with Gasteiger partial charge in [0.2, 0.25) is 5.91 Å². The predicted molar refractivity (Wildman–Crippen MR) is 92.8 cm³/mol. The number of nitrogens with one attached hydrogen (secondary N) is 1. The van der Waals surface area contributed by atoms with E-state index in [1.165, 1.54) is 0 Å². The second kappa shape index (κ2) is 6.45. The molecule has 1 aliphatic rings. The van der Waals surface area contributed by atoms with Crippen LogP contribution in [-0.2, 0) is 10.2 Å². The van der Waals surface area contributed by atoms with Crippen molar-refractivity contribution < 1.29 is 9.53 Å². The van der Waals surface area contributed by atoms with Crippen molar-refractivity contribution in [3.63, 3.8) is 0 Å². The molecule has 120 valence electrons. The molecule has 1 saturated carbocycles. The normalized spacial score (nSPS) is 15.8. The van der Waals surface area contributed by atoms with Gasteiger partial charge in [-0.05, 0) is 56.5 Å². The van der Waals surface area contributed by atoms with Crippen molar-refractivity contribution in [3.8, 4) is 5.75 Å². The third-order valence-electron chi connectivity index (χ3n) is 4.45. The third kappa shape index (κ3) is 3.24. The van der Waals surface area contributed by atoms with Gasteiger partial charge in [-0.1, -0.05) is 36.8 Å². The van der Waals surface area contributed by atoms with Crippen LogP contribution in [0.4, 0.5) is 5.69 Å². The van der Waals surface area contributed by atoms with Gasteiger partial charge in [0.05, 0.1) is 11.5 Å². The van der Waals surface area contributed by atoms with Gasteiger partial charge in [-0.15, -0.1) is 0 Å². The lowest BCUT2D eigenvalue weighted by Crippen LogP contribution is -2.45. The lowest BCUT2D eigenvalue weighted by Gasteiger charge is -2.40. The molecule has 2 aromatic rings. The second-order valence-corrected chi connectivity index (χ2v) is 6.45. The van der Waals surface area contributed by atoms with Crippen molar-refractivity contribution in [2.75, 3.05) is 5.32 Å². The average Bonchev–Trinajstić information content (AvgIpc) is 2.49. The Balaban J connectivity index is 1.73. The van der Waals surface area contributed by atoms with Gasteiger partial charge >= 0.3 is 0 Å².